The Labute approximate surface area is 215 Å². The maximum Gasteiger partial charge on any atom is 0.256 e. The zero-order valence-corrected chi connectivity index (χ0v) is 21.8. The Morgan fingerprint density at radius 2 is 2.00 bits per heavy atom. The molecule has 192 valence electrons. The Morgan fingerprint density at radius 1 is 1.19 bits per heavy atom. The van der Waals surface area contributed by atoms with Crippen molar-refractivity contribution in [1.82, 2.24) is 19.5 Å². The summed E-state index contributed by atoms with van der Waals surface area (Å²) in [6.45, 7) is 4.29. The third-order valence-corrected chi connectivity index (χ3v) is 7.76. The molecule has 0 bridgehead atoms. The minimum atomic E-state index is -3.58. The molecule has 36 heavy (non-hydrogen) atoms. The van der Waals surface area contributed by atoms with Gasteiger partial charge in [0, 0.05) is 30.7 Å². The molecule has 2 aliphatic heterocycles. The van der Waals surface area contributed by atoms with E-state index < -0.39 is 10.0 Å². The molecule has 5 rings (SSSR count). The van der Waals surface area contributed by atoms with E-state index in [4.69, 9.17) is 27.4 Å². The number of halogens is 1. The SMILES string of the molecule is C[C@H]1CN(c2ccc3nc([C@@H]4CCCCN4C(=O)c4cc(Cl)ccc4NS(C)(=O)=O)cn3n2)C[C@H]1N. The van der Waals surface area contributed by atoms with Crippen LogP contribution in [-0.4, -0.2) is 65.8 Å². The van der Waals surface area contributed by atoms with Crippen molar-refractivity contribution in [2.45, 2.75) is 38.3 Å². The number of carbonyl (C=O) groups is 1. The number of aromatic nitrogens is 3. The van der Waals surface area contributed by atoms with E-state index in [9.17, 15) is 13.2 Å². The molecule has 0 radical (unpaired) electrons. The fourth-order valence-corrected chi connectivity index (χ4v) is 5.77. The van der Waals surface area contributed by atoms with E-state index in [1.807, 2.05) is 18.3 Å². The predicted molar refractivity (Wildman–Crippen MR) is 140 cm³/mol. The molecule has 1 amide bonds. The molecule has 3 aromatic rings. The number of imidazole rings is 1. The summed E-state index contributed by atoms with van der Waals surface area (Å²) in [4.78, 5) is 22.4. The summed E-state index contributed by atoms with van der Waals surface area (Å²) < 4.78 is 28.0. The van der Waals surface area contributed by atoms with Crippen LogP contribution < -0.4 is 15.4 Å². The molecule has 10 nitrogen and oxygen atoms in total. The summed E-state index contributed by atoms with van der Waals surface area (Å²) >= 11 is 6.18. The van der Waals surface area contributed by atoms with Crippen LogP contribution in [0.2, 0.25) is 5.02 Å². The third kappa shape index (κ3) is 5.00. The first-order valence-corrected chi connectivity index (χ1v) is 14.3. The Kier molecular flexibility index (Phi) is 6.56. The van der Waals surface area contributed by atoms with Crippen molar-refractivity contribution < 1.29 is 13.2 Å². The highest BCUT2D eigenvalue weighted by Gasteiger charge is 2.32. The molecule has 3 N–H and O–H groups in total. The average Bonchev–Trinajstić information content (AvgIpc) is 3.41. The number of anilines is 2. The Morgan fingerprint density at radius 3 is 2.72 bits per heavy atom. The molecule has 0 spiro atoms. The summed E-state index contributed by atoms with van der Waals surface area (Å²) in [6.07, 6.45) is 5.47. The monoisotopic (exact) mass is 531 g/mol. The minimum Gasteiger partial charge on any atom is -0.353 e. The van der Waals surface area contributed by atoms with E-state index >= 15 is 0 Å². The van der Waals surface area contributed by atoms with Crippen molar-refractivity contribution in [3.63, 3.8) is 0 Å². The van der Waals surface area contributed by atoms with Gasteiger partial charge in [0.25, 0.3) is 5.91 Å². The normalized spacial score (nSPS) is 22.8. The number of amides is 1. The van der Waals surface area contributed by atoms with Crippen LogP contribution in [0.5, 0.6) is 0 Å². The van der Waals surface area contributed by atoms with Crippen LogP contribution in [0.4, 0.5) is 11.5 Å². The lowest BCUT2D eigenvalue weighted by Gasteiger charge is -2.35. The Balaban J connectivity index is 1.46. The second-order valence-corrected chi connectivity index (χ2v) is 12.0. The molecule has 0 saturated carbocycles. The van der Waals surface area contributed by atoms with Crippen LogP contribution in [0.15, 0.2) is 36.5 Å². The maximum atomic E-state index is 13.7. The number of piperidine rings is 1. The van der Waals surface area contributed by atoms with Crippen molar-refractivity contribution in [3.8, 4) is 0 Å². The van der Waals surface area contributed by atoms with E-state index in [0.717, 1.165) is 50.1 Å². The topological polar surface area (TPSA) is 126 Å². The molecule has 0 aliphatic carbocycles. The zero-order valence-electron chi connectivity index (χ0n) is 20.3. The molecule has 2 aliphatic rings. The van der Waals surface area contributed by atoms with Gasteiger partial charge in [-0.15, -0.1) is 5.10 Å². The van der Waals surface area contributed by atoms with Gasteiger partial charge in [0.2, 0.25) is 10.0 Å². The van der Waals surface area contributed by atoms with Crippen LogP contribution in [-0.2, 0) is 10.0 Å². The molecule has 1 aromatic carbocycles. The van der Waals surface area contributed by atoms with Gasteiger partial charge >= 0.3 is 0 Å². The van der Waals surface area contributed by atoms with Gasteiger partial charge in [-0.05, 0) is 55.5 Å². The van der Waals surface area contributed by atoms with Crippen LogP contribution in [0.25, 0.3) is 5.65 Å². The molecule has 12 heteroatoms. The van der Waals surface area contributed by atoms with Gasteiger partial charge in [0.05, 0.1) is 35.4 Å². The molecule has 2 aromatic heterocycles. The minimum absolute atomic E-state index is 0.122. The van der Waals surface area contributed by atoms with Crippen LogP contribution in [0, 0.1) is 5.92 Å². The summed E-state index contributed by atoms with van der Waals surface area (Å²) in [5.74, 6) is 0.952. The number of hydrogen-bond donors (Lipinski definition) is 2. The fourth-order valence-electron chi connectivity index (χ4n) is 5.02. The summed E-state index contributed by atoms with van der Waals surface area (Å²) in [5, 5.41) is 5.12. The number of nitrogens with one attached hydrogen (secondary N) is 1. The van der Waals surface area contributed by atoms with Gasteiger partial charge in [-0.1, -0.05) is 18.5 Å². The number of fused-ring (bicyclic) bond motifs is 1. The van der Waals surface area contributed by atoms with Crippen LogP contribution >= 0.6 is 11.6 Å². The number of likely N-dealkylation sites (tertiary alicyclic amines) is 1. The van der Waals surface area contributed by atoms with E-state index in [-0.39, 0.29) is 29.2 Å². The summed E-state index contributed by atoms with van der Waals surface area (Å²) in [6, 6.07) is 8.31. The lowest BCUT2D eigenvalue weighted by atomic mass is 9.98. The molecule has 0 unspecified atom stereocenters. The Hall–Kier alpha value is -2.89. The first kappa shape index (κ1) is 24.8. The van der Waals surface area contributed by atoms with E-state index in [1.54, 1.807) is 15.5 Å². The number of rotatable bonds is 5. The second kappa shape index (κ2) is 9.53. The van der Waals surface area contributed by atoms with Gasteiger partial charge in [-0.3, -0.25) is 9.52 Å². The number of hydrogen-bond acceptors (Lipinski definition) is 7. The van der Waals surface area contributed by atoms with E-state index in [1.165, 1.54) is 12.1 Å². The first-order valence-electron chi connectivity index (χ1n) is 12.0. The van der Waals surface area contributed by atoms with E-state index in [0.29, 0.717) is 23.1 Å². The highest BCUT2D eigenvalue weighted by Crippen LogP contribution is 2.34. The molecular weight excluding hydrogens is 502 g/mol. The highest BCUT2D eigenvalue weighted by molar-refractivity contribution is 7.92. The highest BCUT2D eigenvalue weighted by atomic mass is 35.5. The van der Waals surface area contributed by atoms with Crippen molar-refractivity contribution >= 4 is 44.7 Å². The lowest BCUT2D eigenvalue weighted by Crippen LogP contribution is -2.39. The van der Waals surface area contributed by atoms with Crippen molar-refractivity contribution in [2.24, 2.45) is 11.7 Å². The number of nitrogens with two attached hydrogens (primary N) is 1. The number of nitrogens with zero attached hydrogens (tertiary/aromatic N) is 5. The maximum absolute atomic E-state index is 13.7. The molecule has 3 atom stereocenters. The fraction of sp³-hybridized carbons (Fsp3) is 0.458. The van der Waals surface area contributed by atoms with Crippen molar-refractivity contribution in [3.05, 3.63) is 52.8 Å². The summed E-state index contributed by atoms with van der Waals surface area (Å²) in [7, 11) is -3.58. The van der Waals surface area contributed by atoms with Gasteiger partial charge in [0.1, 0.15) is 5.82 Å². The Bertz CT molecular complexity index is 1400. The lowest BCUT2D eigenvalue weighted by molar-refractivity contribution is 0.0607. The van der Waals surface area contributed by atoms with Crippen LogP contribution in [0.1, 0.15) is 48.3 Å². The number of carbonyl (C=O) groups excluding carboxylic acids is 1. The van der Waals surface area contributed by atoms with Crippen LogP contribution in [0.3, 0.4) is 0 Å². The molecule has 2 saturated heterocycles. The smallest absolute Gasteiger partial charge is 0.256 e. The second-order valence-electron chi connectivity index (χ2n) is 9.78. The van der Waals surface area contributed by atoms with Gasteiger partial charge in [0.15, 0.2) is 5.65 Å². The third-order valence-electron chi connectivity index (χ3n) is 6.93. The number of sulfonamides is 1. The molecule has 2 fully saturated rings. The molecule has 4 heterocycles. The average molecular weight is 532 g/mol. The van der Waals surface area contributed by atoms with Crippen molar-refractivity contribution in [2.75, 3.05) is 35.5 Å². The standard InChI is InChI=1S/C24H30ClN7O3S/c1-15-12-30(13-18(15)26)23-9-8-22-27-20(14-32(22)28-23)21-5-3-4-10-31(21)24(33)17-11-16(25)6-7-19(17)29-36(2,34)35/h6-9,11,14-15,18,21,29H,3-5,10,12-13,26H2,1-2H3/t15-,18+,21-/m0/s1. The van der Waals surface area contributed by atoms with Gasteiger partial charge in [-0.25, -0.2) is 17.9 Å². The largest absolute Gasteiger partial charge is 0.353 e. The van der Waals surface area contributed by atoms with Gasteiger partial charge < -0.3 is 15.5 Å². The van der Waals surface area contributed by atoms with Gasteiger partial charge in [-0.2, -0.15) is 0 Å². The molecular formula is C24H30ClN7O3S. The quantitative estimate of drug-likeness (QED) is 0.518. The predicted octanol–water partition coefficient (Wildman–Crippen LogP) is 2.91. The van der Waals surface area contributed by atoms with E-state index in [2.05, 4.69) is 16.5 Å². The summed E-state index contributed by atoms with van der Waals surface area (Å²) in [5.41, 5.74) is 8.06. The number of benzene rings is 1. The van der Waals surface area contributed by atoms with Crippen molar-refractivity contribution in [1.29, 1.82) is 0 Å². The zero-order chi connectivity index (χ0) is 25.6. The first-order chi connectivity index (χ1) is 17.1.